The van der Waals surface area contributed by atoms with Crippen molar-refractivity contribution in [1.82, 2.24) is 0 Å². The van der Waals surface area contributed by atoms with Crippen molar-refractivity contribution in [1.29, 1.82) is 0 Å². The van der Waals surface area contributed by atoms with Gasteiger partial charge in [0, 0.05) is 0 Å². The zero-order valence-electron chi connectivity index (χ0n) is 21.6. The van der Waals surface area contributed by atoms with Gasteiger partial charge in [0.15, 0.2) is 0 Å². The van der Waals surface area contributed by atoms with Crippen LogP contribution < -0.4 is 0 Å². The molecule has 3 fully saturated rings. The van der Waals surface area contributed by atoms with E-state index >= 15 is 0 Å². The third kappa shape index (κ3) is 7.72. The van der Waals surface area contributed by atoms with E-state index in [1.807, 2.05) is 0 Å². The largest absolute Gasteiger partial charge is 0.351 e. The van der Waals surface area contributed by atoms with E-state index in [0.29, 0.717) is 37.2 Å². The predicted molar refractivity (Wildman–Crippen MR) is 139 cm³/mol. The molecule has 9 heteroatoms. The summed E-state index contributed by atoms with van der Waals surface area (Å²) in [6.45, 7) is 7.01. The molecule has 0 saturated heterocycles. The summed E-state index contributed by atoms with van der Waals surface area (Å²) >= 11 is 0. The molecule has 34 heavy (non-hydrogen) atoms. The van der Waals surface area contributed by atoms with Gasteiger partial charge < -0.3 is 4.52 Å². The Labute approximate surface area is 209 Å². The van der Waals surface area contributed by atoms with Crippen LogP contribution in [0.2, 0.25) is 0 Å². The van der Waals surface area contributed by atoms with Gasteiger partial charge in [0.1, 0.15) is 0 Å². The van der Waals surface area contributed by atoms with E-state index in [4.69, 9.17) is 13.1 Å². The number of rotatable bonds is 12. The van der Waals surface area contributed by atoms with E-state index in [2.05, 4.69) is 20.8 Å². The fraction of sp³-hybridized carbons (Fsp3) is 1.00. The van der Waals surface area contributed by atoms with Crippen molar-refractivity contribution in [3.05, 3.63) is 0 Å². The Hall–Kier alpha value is 0.440. The van der Waals surface area contributed by atoms with Crippen LogP contribution in [0.25, 0.3) is 0 Å². The highest BCUT2D eigenvalue weighted by Crippen LogP contribution is 2.73. The van der Waals surface area contributed by atoms with Crippen LogP contribution in [0.5, 0.6) is 0 Å². The molecule has 0 spiro atoms. The molecule has 3 aliphatic rings. The molecule has 6 nitrogen and oxygen atoms in total. The van der Waals surface area contributed by atoms with Gasteiger partial charge in [-0.1, -0.05) is 52.9 Å². The quantitative estimate of drug-likeness (QED) is 0.231. The van der Waals surface area contributed by atoms with Crippen molar-refractivity contribution < 1.29 is 26.8 Å². The Bertz CT molecular complexity index is 707. The minimum atomic E-state index is -3.84. The van der Waals surface area contributed by atoms with Crippen LogP contribution in [0.15, 0.2) is 0 Å². The van der Waals surface area contributed by atoms with Gasteiger partial charge >= 0.3 is 23.9 Å². The fourth-order valence-corrected chi connectivity index (χ4v) is 12.6. The average molecular weight is 537 g/mol. The lowest BCUT2D eigenvalue weighted by atomic mass is 9.81. The van der Waals surface area contributed by atoms with Crippen molar-refractivity contribution in [2.75, 3.05) is 6.61 Å². The molecule has 0 aromatic rings. The average Bonchev–Trinajstić information content (AvgIpc) is 2.88. The lowest BCUT2D eigenvalue weighted by molar-refractivity contribution is 0.158. The lowest BCUT2D eigenvalue weighted by Crippen LogP contribution is -2.25. The molecule has 0 aromatic carbocycles. The van der Waals surface area contributed by atoms with E-state index in [9.17, 15) is 13.7 Å². The Balaban J connectivity index is 1.74. The second kappa shape index (κ2) is 13.8. The van der Waals surface area contributed by atoms with Gasteiger partial charge in [0.25, 0.3) is 0 Å². The van der Waals surface area contributed by atoms with Crippen LogP contribution in [0.3, 0.4) is 0 Å². The van der Waals surface area contributed by atoms with Crippen molar-refractivity contribution >= 4 is 23.9 Å². The van der Waals surface area contributed by atoms with Crippen LogP contribution in [0.1, 0.15) is 117 Å². The van der Waals surface area contributed by atoms with E-state index in [-0.39, 0.29) is 11.3 Å². The van der Waals surface area contributed by atoms with Crippen LogP contribution in [0, 0.1) is 23.7 Å². The maximum Gasteiger partial charge on any atom is 0.351 e. The molecule has 0 amide bonds. The Morgan fingerprint density at radius 2 is 1.00 bits per heavy atom. The molecular weight excluding hydrogens is 489 g/mol. The van der Waals surface area contributed by atoms with E-state index in [0.717, 1.165) is 70.1 Å². The molecule has 3 rings (SSSR count). The van der Waals surface area contributed by atoms with Gasteiger partial charge in [0.2, 0.25) is 0 Å². The third-order valence-corrected chi connectivity index (χ3v) is 15.4. The van der Waals surface area contributed by atoms with Gasteiger partial charge in [-0.3, -0.25) is 9.13 Å². The molecule has 0 aromatic heterocycles. The SMILES string of the molecule is CCC1CCC(COP(=O)(OP(=O)(OP=O)C2CCC(CC)CC2)C2CCC(CC)CC2)CC1. The molecule has 3 saturated carbocycles. The van der Waals surface area contributed by atoms with Crippen molar-refractivity contribution in [3.63, 3.8) is 0 Å². The first kappa shape index (κ1) is 29.0. The topological polar surface area (TPSA) is 78.9 Å². The standard InChI is InChI=1S/C25H47O6P3/c1-4-20-7-9-23(10-8-20)19-29-33(27,24-15-11-21(5-2)12-16-24)31-34(28,30-32-26)25-17-13-22(6-3)14-18-25/h20-25H,4-19H2,1-3H3. The first-order valence-electron chi connectivity index (χ1n) is 13.9. The second-order valence-electron chi connectivity index (χ2n) is 11.1. The molecule has 2 atom stereocenters. The molecular formula is C25H47O6P3. The summed E-state index contributed by atoms with van der Waals surface area (Å²) in [5, 5.41) is 0. The molecule has 3 aliphatic carbocycles. The molecule has 0 radical (unpaired) electrons. The Kier molecular flexibility index (Phi) is 11.8. The Morgan fingerprint density at radius 3 is 1.41 bits per heavy atom. The van der Waals surface area contributed by atoms with Gasteiger partial charge in [-0.25, -0.2) is 13.2 Å². The predicted octanol–water partition coefficient (Wildman–Crippen LogP) is 9.78. The van der Waals surface area contributed by atoms with Crippen LogP contribution >= 0.6 is 23.9 Å². The molecule has 0 N–H and O–H groups in total. The highest BCUT2D eigenvalue weighted by Gasteiger charge is 2.49. The van der Waals surface area contributed by atoms with Crippen LogP contribution in [-0.4, -0.2) is 17.9 Å². The molecule has 0 heterocycles. The van der Waals surface area contributed by atoms with E-state index < -0.39 is 23.9 Å². The highest BCUT2D eigenvalue weighted by molar-refractivity contribution is 7.69. The normalized spacial score (nSPS) is 36.6. The first-order chi connectivity index (χ1) is 16.4. The molecule has 198 valence electrons. The molecule has 0 aliphatic heterocycles. The maximum absolute atomic E-state index is 14.4. The lowest BCUT2D eigenvalue weighted by Gasteiger charge is -2.37. The van der Waals surface area contributed by atoms with Crippen LogP contribution in [-0.2, 0) is 26.8 Å². The summed E-state index contributed by atoms with van der Waals surface area (Å²) in [4.78, 5) is 0. The minimum Gasteiger partial charge on any atom is -0.308 e. The van der Waals surface area contributed by atoms with Gasteiger partial charge in [0.05, 0.1) is 17.9 Å². The molecule has 2 unspecified atom stereocenters. The van der Waals surface area contributed by atoms with E-state index in [1.165, 1.54) is 19.3 Å². The van der Waals surface area contributed by atoms with Crippen molar-refractivity contribution in [3.8, 4) is 0 Å². The van der Waals surface area contributed by atoms with Gasteiger partial charge in [-0.15, -0.1) is 0 Å². The minimum absolute atomic E-state index is 0.255. The van der Waals surface area contributed by atoms with Crippen LogP contribution in [0.4, 0.5) is 0 Å². The van der Waals surface area contributed by atoms with Crippen molar-refractivity contribution in [2.45, 2.75) is 128 Å². The summed E-state index contributed by atoms with van der Waals surface area (Å²) in [6, 6.07) is 0. The summed E-state index contributed by atoms with van der Waals surface area (Å²) < 4.78 is 57.4. The summed E-state index contributed by atoms with van der Waals surface area (Å²) in [6.07, 6.45) is 14.7. The number of hydrogen-bond acceptors (Lipinski definition) is 6. The summed E-state index contributed by atoms with van der Waals surface area (Å²) in [5.74, 6) is 2.40. The van der Waals surface area contributed by atoms with Crippen molar-refractivity contribution in [2.24, 2.45) is 23.7 Å². The third-order valence-electron chi connectivity index (χ3n) is 9.09. The highest BCUT2D eigenvalue weighted by atomic mass is 31.3. The summed E-state index contributed by atoms with van der Waals surface area (Å²) in [5.41, 5.74) is -0.616. The fourth-order valence-electron chi connectivity index (χ4n) is 6.30. The Morgan fingerprint density at radius 1 is 0.618 bits per heavy atom. The second-order valence-corrected chi connectivity index (χ2v) is 16.4. The number of hydrogen-bond donors (Lipinski definition) is 0. The zero-order chi connectivity index (χ0) is 24.6. The monoisotopic (exact) mass is 536 g/mol. The van der Waals surface area contributed by atoms with Gasteiger partial charge in [-0.05, 0) is 87.9 Å². The molecule has 0 bridgehead atoms. The maximum atomic E-state index is 14.4. The van der Waals surface area contributed by atoms with Gasteiger partial charge in [-0.2, -0.15) is 0 Å². The first-order valence-corrected chi connectivity index (χ1v) is 17.9. The smallest absolute Gasteiger partial charge is 0.308 e. The zero-order valence-corrected chi connectivity index (χ0v) is 24.3. The van der Waals surface area contributed by atoms with E-state index in [1.54, 1.807) is 0 Å². The summed E-state index contributed by atoms with van der Waals surface area (Å²) in [7, 11) is -8.21.